The summed E-state index contributed by atoms with van der Waals surface area (Å²) in [6.07, 6.45) is -7.81. The van der Waals surface area contributed by atoms with Gasteiger partial charge in [0.1, 0.15) is 6.04 Å². The second-order valence-electron chi connectivity index (χ2n) is 5.80. The van der Waals surface area contributed by atoms with Crippen LogP contribution in [0, 0.1) is 0 Å². The summed E-state index contributed by atoms with van der Waals surface area (Å²) < 4.78 is 76.7. The van der Waals surface area contributed by atoms with Gasteiger partial charge in [-0.1, -0.05) is 12.1 Å². The van der Waals surface area contributed by atoms with E-state index in [0.717, 1.165) is 31.2 Å². The first-order chi connectivity index (χ1) is 12.9. The topological polar surface area (TPSA) is 54.0 Å². The van der Waals surface area contributed by atoms with Crippen molar-refractivity contribution >= 4 is 22.0 Å². The van der Waals surface area contributed by atoms with Crippen LogP contribution in [0.4, 0.5) is 31.1 Å². The van der Waals surface area contributed by atoms with E-state index in [4.69, 9.17) is 0 Å². The minimum Gasteiger partial charge on any atom is -0.327 e. The van der Waals surface area contributed by atoms with Crippen molar-refractivity contribution in [3.63, 3.8) is 0 Å². The van der Waals surface area contributed by atoms with Crippen LogP contribution in [0.1, 0.15) is 29.8 Å². The summed E-state index contributed by atoms with van der Waals surface area (Å²) in [6, 6.07) is 2.69. The van der Waals surface area contributed by atoms with Crippen molar-refractivity contribution in [1.29, 1.82) is 0 Å². The zero-order valence-electron chi connectivity index (χ0n) is 14.2. The number of nitrogens with zero attached hydrogens (tertiary/aromatic N) is 1. The predicted molar refractivity (Wildman–Crippen MR) is 92.4 cm³/mol. The molecule has 1 aromatic heterocycles. The number of benzene rings is 1. The van der Waals surface area contributed by atoms with Gasteiger partial charge in [0.05, 0.1) is 17.3 Å². The molecule has 2 atom stereocenters. The number of aromatic nitrogens is 1. The van der Waals surface area contributed by atoms with Gasteiger partial charge in [0.15, 0.2) is 0 Å². The van der Waals surface area contributed by atoms with E-state index < -0.39 is 36.0 Å². The lowest BCUT2D eigenvalue weighted by Gasteiger charge is -2.23. The van der Waals surface area contributed by atoms with E-state index in [9.17, 15) is 31.1 Å². The fourth-order valence-electron chi connectivity index (χ4n) is 2.24. The van der Waals surface area contributed by atoms with E-state index in [1.165, 1.54) is 6.20 Å². The lowest BCUT2D eigenvalue weighted by atomic mass is 10.0. The summed E-state index contributed by atoms with van der Waals surface area (Å²) in [5.74, 6) is 0. The maximum absolute atomic E-state index is 12.8. The highest BCUT2D eigenvalue weighted by Crippen LogP contribution is 2.32. The molecule has 0 saturated carbocycles. The molecule has 0 saturated heterocycles. The monoisotopic (exact) mass is 469 g/mol. The first-order valence-electron chi connectivity index (χ1n) is 7.81. The molecule has 0 aliphatic rings. The summed E-state index contributed by atoms with van der Waals surface area (Å²) in [7, 11) is 0. The second-order valence-corrected chi connectivity index (χ2v) is 6.66. The van der Waals surface area contributed by atoms with E-state index in [1.807, 2.05) is 0 Å². The highest BCUT2D eigenvalue weighted by atomic mass is 79.9. The quantitative estimate of drug-likeness (QED) is 0.604. The smallest absolute Gasteiger partial charge is 0.327 e. The molecule has 2 rings (SSSR count). The Labute approximate surface area is 164 Å². The highest BCUT2D eigenvalue weighted by molar-refractivity contribution is 9.10. The molecule has 2 aromatic rings. The van der Waals surface area contributed by atoms with Gasteiger partial charge in [0.25, 0.3) is 0 Å². The molecular weight excluding hydrogens is 456 g/mol. The Balaban J connectivity index is 2.33. The fourth-order valence-corrected chi connectivity index (χ4v) is 2.72. The standard InChI is InChI=1S/C17H14BrF6N3O/c1-9(16(19,20)21)26-15(28)27-13(14-12(18)3-2-8-25-14)10-4-6-11(7-5-10)17(22,23)24/h2-9,13H,1H3,(H2,26,27,28). The first kappa shape index (κ1) is 22.0. The Morgan fingerprint density at radius 3 is 2.14 bits per heavy atom. The Bertz CT molecular complexity index is 823. The molecular formula is C17H14BrF6N3O. The Kier molecular flexibility index (Phi) is 6.58. The van der Waals surface area contributed by atoms with E-state index in [-0.39, 0.29) is 11.3 Å². The van der Waals surface area contributed by atoms with Gasteiger partial charge < -0.3 is 10.6 Å². The molecule has 0 radical (unpaired) electrons. The minimum atomic E-state index is -4.65. The van der Waals surface area contributed by atoms with Gasteiger partial charge in [-0.25, -0.2) is 4.79 Å². The fraction of sp³-hybridized carbons (Fsp3) is 0.294. The van der Waals surface area contributed by atoms with Gasteiger partial charge in [-0.15, -0.1) is 0 Å². The number of urea groups is 1. The lowest BCUT2D eigenvalue weighted by molar-refractivity contribution is -0.148. The Hall–Kier alpha value is -2.30. The number of rotatable bonds is 4. The molecule has 0 aliphatic heterocycles. The zero-order chi connectivity index (χ0) is 21.1. The van der Waals surface area contributed by atoms with Crippen molar-refractivity contribution < 1.29 is 31.1 Å². The van der Waals surface area contributed by atoms with Crippen LogP contribution in [0.5, 0.6) is 0 Å². The average molecular weight is 470 g/mol. The molecule has 2 amide bonds. The van der Waals surface area contributed by atoms with Gasteiger partial charge in [-0.05, 0) is 52.7 Å². The van der Waals surface area contributed by atoms with Crippen LogP contribution < -0.4 is 10.6 Å². The van der Waals surface area contributed by atoms with Gasteiger partial charge in [0.2, 0.25) is 0 Å². The molecule has 1 aromatic carbocycles. The van der Waals surface area contributed by atoms with Gasteiger partial charge in [-0.2, -0.15) is 26.3 Å². The molecule has 2 N–H and O–H groups in total. The number of amides is 2. The summed E-state index contributed by atoms with van der Waals surface area (Å²) in [4.78, 5) is 16.1. The van der Waals surface area contributed by atoms with Crippen LogP contribution in [0.2, 0.25) is 0 Å². The van der Waals surface area contributed by atoms with Crippen molar-refractivity contribution in [2.24, 2.45) is 0 Å². The first-order valence-corrected chi connectivity index (χ1v) is 8.60. The van der Waals surface area contributed by atoms with E-state index in [0.29, 0.717) is 4.47 Å². The normalized spacial score (nSPS) is 14.3. The molecule has 0 aliphatic carbocycles. The van der Waals surface area contributed by atoms with Gasteiger partial charge in [0, 0.05) is 10.7 Å². The number of hydrogen-bond donors (Lipinski definition) is 2. The average Bonchev–Trinajstić information content (AvgIpc) is 2.59. The number of carbonyl (C=O) groups is 1. The van der Waals surface area contributed by atoms with Crippen molar-refractivity contribution in [1.82, 2.24) is 15.6 Å². The third-order valence-electron chi connectivity index (χ3n) is 3.75. The number of hydrogen-bond acceptors (Lipinski definition) is 2. The molecule has 0 bridgehead atoms. The van der Waals surface area contributed by atoms with Gasteiger partial charge in [-0.3, -0.25) is 4.98 Å². The summed E-state index contributed by atoms with van der Waals surface area (Å²) in [5, 5.41) is 4.07. The molecule has 1 heterocycles. The third-order valence-corrected chi connectivity index (χ3v) is 4.42. The van der Waals surface area contributed by atoms with Crippen molar-refractivity contribution in [3.8, 4) is 0 Å². The maximum atomic E-state index is 12.8. The largest absolute Gasteiger partial charge is 0.416 e. The number of nitrogens with one attached hydrogen (secondary N) is 2. The third kappa shape index (κ3) is 5.60. The summed E-state index contributed by atoms with van der Waals surface area (Å²) in [6.45, 7) is 0.767. The second kappa shape index (κ2) is 8.38. The molecule has 4 nitrogen and oxygen atoms in total. The maximum Gasteiger partial charge on any atom is 0.416 e. The van der Waals surface area contributed by atoms with Crippen LogP contribution in [-0.4, -0.2) is 23.2 Å². The number of alkyl halides is 6. The molecule has 0 spiro atoms. The SMILES string of the molecule is CC(NC(=O)NC(c1ccc(C(F)(F)F)cc1)c1ncccc1Br)C(F)(F)F. The predicted octanol–water partition coefficient (Wildman–Crippen LogP) is 5.20. The number of pyridine rings is 1. The highest BCUT2D eigenvalue weighted by Gasteiger charge is 2.37. The van der Waals surface area contributed by atoms with Crippen LogP contribution in [-0.2, 0) is 6.18 Å². The van der Waals surface area contributed by atoms with E-state index >= 15 is 0 Å². The lowest BCUT2D eigenvalue weighted by Crippen LogP contribution is -2.48. The summed E-state index contributed by atoms with van der Waals surface area (Å²) >= 11 is 3.22. The van der Waals surface area contributed by atoms with Gasteiger partial charge >= 0.3 is 18.4 Å². The molecule has 2 unspecified atom stereocenters. The van der Waals surface area contributed by atoms with Crippen LogP contribution in [0.25, 0.3) is 0 Å². The Morgan fingerprint density at radius 1 is 1.04 bits per heavy atom. The molecule has 28 heavy (non-hydrogen) atoms. The van der Waals surface area contributed by atoms with Crippen molar-refractivity contribution in [2.45, 2.75) is 31.4 Å². The van der Waals surface area contributed by atoms with E-state index in [2.05, 4.69) is 26.2 Å². The molecule has 11 heteroatoms. The zero-order valence-corrected chi connectivity index (χ0v) is 15.8. The molecule has 0 fully saturated rings. The van der Waals surface area contributed by atoms with Crippen molar-refractivity contribution in [3.05, 3.63) is 63.9 Å². The number of halogens is 7. The Morgan fingerprint density at radius 2 is 1.64 bits per heavy atom. The van der Waals surface area contributed by atoms with Crippen LogP contribution >= 0.6 is 15.9 Å². The van der Waals surface area contributed by atoms with Crippen molar-refractivity contribution in [2.75, 3.05) is 0 Å². The molecule has 152 valence electrons. The minimum absolute atomic E-state index is 0.210. The van der Waals surface area contributed by atoms with Crippen LogP contribution in [0.3, 0.4) is 0 Å². The number of carbonyl (C=O) groups excluding carboxylic acids is 1. The van der Waals surface area contributed by atoms with E-state index in [1.54, 1.807) is 17.4 Å². The summed E-state index contributed by atoms with van der Waals surface area (Å²) in [5.41, 5.74) is -0.468. The van der Waals surface area contributed by atoms with Crippen LogP contribution in [0.15, 0.2) is 47.1 Å².